The summed E-state index contributed by atoms with van der Waals surface area (Å²) in [6, 6.07) is 15.5. The van der Waals surface area contributed by atoms with Gasteiger partial charge in [0.25, 0.3) is 11.8 Å². The molecule has 2 aromatic carbocycles. The van der Waals surface area contributed by atoms with Gasteiger partial charge in [-0.2, -0.15) is 5.01 Å². The van der Waals surface area contributed by atoms with E-state index in [0.29, 0.717) is 25.8 Å². The number of nitrogens with zero attached hydrogens (tertiary/aromatic N) is 2. The SMILES string of the molecule is C[C@@]1(CCc2ccccc2)NC(=O)N(NC(=O)c2ccc(N3CCCC3=O)cc2)C1=O. The number of carbonyl (C=O) groups is 4. The van der Waals surface area contributed by atoms with E-state index in [1.54, 1.807) is 36.1 Å². The second-order valence-corrected chi connectivity index (χ2v) is 8.03. The summed E-state index contributed by atoms with van der Waals surface area (Å²) in [7, 11) is 0. The molecule has 2 saturated heterocycles. The zero-order chi connectivity index (χ0) is 22.0. The predicted octanol–water partition coefficient (Wildman–Crippen LogP) is 2.40. The molecule has 2 aliphatic rings. The maximum atomic E-state index is 12.9. The topological polar surface area (TPSA) is 98.8 Å². The molecule has 2 fully saturated rings. The summed E-state index contributed by atoms with van der Waals surface area (Å²) in [5, 5.41) is 3.43. The van der Waals surface area contributed by atoms with Gasteiger partial charge in [-0.1, -0.05) is 30.3 Å². The van der Waals surface area contributed by atoms with Gasteiger partial charge in [0.15, 0.2) is 0 Å². The fourth-order valence-electron chi connectivity index (χ4n) is 3.87. The number of imide groups is 1. The molecule has 2 N–H and O–H groups in total. The van der Waals surface area contributed by atoms with E-state index in [1.807, 2.05) is 30.3 Å². The number of benzene rings is 2. The van der Waals surface area contributed by atoms with E-state index in [4.69, 9.17) is 0 Å². The van der Waals surface area contributed by atoms with Crippen LogP contribution >= 0.6 is 0 Å². The van der Waals surface area contributed by atoms with Crippen LogP contribution < -0.4 is 15.6 Å². The quantitative estimate of drug-likeness (QED) is 0.701. The maximum Gasteiger partial charge on any atom is 0.344 e. The smallest absolute Gasteiger partial charge is 0.322 e. The third-order valence-corrected chi connectivity index (χ3v) is 5.75. The van der Waals surface area contributed by atoms with E-state index in [1.165, 1.54) is 0 Å². The number of nitrogens with one attached hydrogen (secondary N) is 2. The molecule has 31 heavy (non-hydrogen) atoms. The Kier molecular flexibility index (Phi) is 5.46. The highest BCUT2D eigenvalue weighted by Gasteiger charge is 2.48. The molecule has 1 atom stereocenters. The van der Waals surface area contributed by atoms with Crippen LogP contribution in [0, 0.1) is 0 Å². The van der Waals surface area contributed by atoms with Crippen LogP contribution in [-0.4, -0.2) is 40.8 Å². The summed E-state index contributed by atoms with van der Waals surface area (Å²) in [6.07, 6.45) is 2.36. The van der Waals surface area contributed by atoms with Crippen LogP contribution in [-0.2, 0) is 16.0 Å². The number of hydrazine groups is 1. The van der Waals surface area contributed by atoms with E-state index in [9.17, 15) is 19.2 Å². The molecule has 0 bridgehead atoms. The Morgan fingerprint density at radius 2 is 1.77 bits per heavy atom. The van der Waals surface area contributed by atoms with Crippen molar-refractivity contribution in [3.8, 4) is 0 Å². The van der Waals surface area contributed by atoms with Gasteiger partial charge in [0, 0.05) is 24.2 Å². The Morgan fingerprint density at radius 3 is 2.42 bits per heavy atom. The monoisotopic (exact) mass is 420 g/mol. The maximum absolute atomic E-state index is 12.9. The average Bonchev–Trinajstić information content (AvgIpc) is 3.30. The van der Waals surface area contributed by atoms with Crippen LogP contribution in [0.15, 0.2) is 54.6 Å². The first-order chi connectivity index (χ1) is 14.9. The van der Waals surface area contributed by atoms with E-state index in [2.05, 4.69) is 10.7 Å². The van der Waals surface area contributed by atoms with Crippen molar-refractivity contribution in [1.82, 2.24) is 15.8 Å². The highest BCUT2D eigenvalue weighted by atomic mass is 16.2. The summed E-state index contributed by atoms with van der Waals surface area (Å²) in [6.45, 7) is 2.32. The third kappa shape index (κ3) is 4.14. The number of carbonyl (C=O) groups excluding carboxylic acids is 4. The Hall–Kier alpha value is -3.68. The van der Waals surface area contributed by atoms with E-state index >= 15 is 0 Å². The normalized spacial score (nSPS) is 20.9. The highest BCUT2D eigenvalue weighted by molar-refractivity contribution is 6.09. The first kappa shape index (κ1) is 20.6. The number of aryl methyl sites for hydroxylation is 1. The molecule has 0 spiro atoms. The van der Waals surface area contributed by atoms with Crippen LogP contribution in [0.1, 0.15) is 42.1 Å². The second-order valence-electron chi connectivity index (χ2n) is 8.03. The van der Waals surface area contributed by atoms with Crippen LogP contribution in [0.4, 0.5) is 10.5 Å². The molecule has 2 aliphatic heterocycles. The van der Waals surface area contributed by atoms with Crippen molar-refractivity contribution >= 4 is 29.4 Å². The Labute approximate surface area is 180 Å². The third-order valence-electron chi connectivity index (χ3n) is 5.75. The van der Waals surface area contributed by atoms with Gasteiger partial charge in [0.05, 0.1) is 0 Å². The highest BCUT2D eigenvalue weighted by Crippen LogP contribution is 2.24. The molecule has 0 unspecified atom stereocenters. The molecule has 0 aromatic heterocycles. The minimum Gasteiger partial charge on any atom is -0.322 e. The molecular weight excluding hydrogens is 396 g/mol. The second kappa shape index (κ2) is 8.22. The van der Waals surface area contributed by atoms with Crippen molar-refractivity contribution in [2.75, 3.05) is 11.4 Å². The molecule has 5 amide bonds. The Morgan fingerprint density at radius 1 is 1.06 bits per heavy atom. The molecule has 160 valence electrons. The van der Waals surface area contributed by atoms with Crippen molar-refractivity contribution in [3.05, 3.63) is 65.7 Å². The summed E-state index contributed by atoms with van der Waals surface area (Å²) in [4.78, 5) is 51.4. The average molecular weight is 420 g/mol. The van der Waals surface area contributed by atoms with Crippen LogP contribution in [0.2, 0.25) is 0 Å². The molecule has 2 aromatic rings. The molecule has 8 nitrogen and oxygen atoms in total. The fourth-order valence-corrected chi connectivity index (χ4v) is 3.87. The van der Waals surface area contributed by atoms with Gasteiger partial charge in [0.1, 0.15) is 5.54 Å². The lowest BCUT2D eigenvalue weighted by molar-refractivity contribution is -0.132. The van der Waals surface area contributed by atoms with Crippen molar-refractivity contribution in [1.29, 1.82) is 0 Å². The fraction of sp³-hybridized carbons (Fsp3) is 0.304. The Bertz CT molecular complexity index is 1020. The molecule has 0 aliphatic carbocycles. The number of hydrogen-bond acceptors (Lipinski definition) is 4. The van der Waals surface area contributed by atoms with E-state index in [0.717, 1.165) is 22.7 Å². The first-order valence-electron chi connectivity index (χ1n) is 10.3. The van der Waals surface area contributed by atoms with Gasteiger partial charge < -0.3 is 10.2 Å². The molecular formula is C23H24N4O4. The molecule has 4 rings (SSSR count). The number of hydrogen-bond donors (Lipinski definition) is 2. The number of amides is 5. The van der Waals surface area contributed by atoms with Crippen molar-refractivity contribution < 1.29 is 19.2 Å². The van der Waals surface area contributed by atoms with Crippen LogP contribution in [0.5, 0.6) is 0 Å². The van der Waals surface area contributed by atoms with Gasteiger partial charge in [-0.3, -0.25) is 19.8 Å². The van der Waals surface area contributed by atoms with E-state index < -0.39 is 23.4 Å². The summed E-state index contributed by atoms with van der Waals surface area (Å²) >= 11 is 0. The van der Waals surface area contributed by atoms with Gasteiger partial charge in [-0.15, -0.1) is 0 Å². The lowest BCUT2D eigenvalue weighted by Crippen LogP contribution is -2.48. The molecule has 8 heteroatoms. The van der Waals surface area contributed by atoms with Crippen LogP contribution in [0.3, 0.4) is 0 Å². The zero-order valence-electron chi connectivity index (χ0n) is 17.3. The van der Waals surface area contributed by atoms with Crippen LogP contribution in [0.25, 0.3) is 0 Å². The minimum atomic E-state index is -1.10. The van der Waals surface area contributed by atoms with Gasteiger partial charge in [-0.05, 0) is 56.0 Å². The lowest BCUT2D eigenvalue weighted by atomic mass is 9.93. The van der Waals surface area contributed by atoms with Gasteiger partial charge in [0.2, 0.25) is 5.91 Å². The van der Waals surface area contributed by atoms with Gasteiger partial charge in [-0.25, -0.2) is 4.79 Å². The number of urea groups is 1. The first-order valence-corrected chi connectivity index (χ1v) is 10.3. The van der Waals surface area contributed by atoms with E-state index in [-0.39, 0.29) is 11.5 Å². The molecule has 0 radical (unpaired) electrons. The summed E-state index contributed by atoms with van der Waals surface area (Å²) in [5.41, 5.74) is 3.37. The number of anilines is 1. The molecule has 0 saturated carbocycles. The largest absolute Gasteiger partial charge is 0.344 e. The van der Waals surface area contributed by atoms with Crippen molar-refractivity contribution in [2.24, 2.45) is 0 Å². The summed E-state index contributed by atoms with van der Waals surface area (Å²) < 4.78 is 0. The minimum absolute atomic E-state index is 0.0614. The van der Waals surface area contributed by atoms with Crippen molar-refractivity contribution in [3.63, 3.8) is 0 Å². The lowest BCUT2D eigenvalue weighted by Gasteiger charge is -2.21. The number of rotatable bonds is 6. The van der Waals surface area contributed by atoms with Gasteiger partial charge >= 0.3 is 6.03 Å². The Balaban J connectivity index is 1.40. The summed E-state index contributed by atoms with van der Waals surface area (Å²) in [5.74, 6) is -1.01. The predicted molar refractivity (Wildman–Crippen MR) is 114 cm³/mol. The van der Waals surface area contributed by atoms with Crippen molar-refractivity contribution in [2.45, 2.75) is 38.1 Å². The standard InChI is InChI=1S/C23H24N4O4/c1-23(14-13-16-6-3-2-4-7-16)21(30)27(22(31)24-23)25-20(29)17-9-11-18(12-10-17)26-15-5-8-19(26)28/h2-4,6-7,9-12H,5,8,13-15H2,1H3,(H,24,31)(H,25,29)/t23-/m0/s1. The molecule has 2 heterocycles. The zero-order valence-corrected chi connectivity index (χ0v) is 17.3.